The minimum absolute atomic E-state index is 0.0713. The van der Waals surface area contributed by atoms with Crippen LogP contribution in [0.25, 0.3) is 11.2 Å². The van der Waals surface area contributed by atoms with Crippen LogP contribution in [0.4, 0.5) is 17.6 Å². The Morgan fingerprint density at radius 2 is 1.91 bits per heavy atom. The Kier molecular flexibility index (Phi) is 6.56. The van der Waals surface area contributed by atoms with E-state index in [4.69, 9.17) is 32.0 Å². The number of carbonyl (C=O) groups excluding carboxylic acids is 1. The van der Waals surface area contributed by atoms with Gasteiger partial charge in [-0.2, -0.15) is 4.98 Å². The quantitative estimate of drug-likeness (QED) is 0.477. The van der Waals surface area contributed by atoms with E-state index in [9.17, 15) is 4.79 Å². The third kappa shape index (κ3) is 4.67. The lowest BCUT2D eigenvalue weighted by molar-refractivity contribution is -0.122. The van der Waals surface area contributed by atoms with Crippen molar-refractivity contribution in [3.63, 3.8) is 0 Å². The molecule has 3 aromatic rings. The normalized spacial score (nSPS) is 21.5. The lowest BCUT2D eigenvalue weighted by atomic mass is 9.85. The van der Waals surface area contributed by atoms with Crippen LogP contribution in [-0.2, 0) is 9.53 Å². The summed E-state index contributed by atoms with van der Waals surface area (Å²) in [6.45, 7) is 3.47. The molecule has 180 valence electrons. The van der Waals surface area contributed by atoms with Crippen LogP contribution in [0.1, 0.15) is 50.1 Å². The minimum Gasteiger partial charge on any atom is -0.381 e. The van der Waals surface area contributed by atoms with Crippen molar-refractivity contribution in [2.45, 2.75) is 57.5 Å². The Morgan fingerprint density at radius 3 is 2.65 bits per heavy atom. The van der Waals surface area contributed by atoms with Gasteiger partial charge in [-0.15, -0.1) is 0 Å². The molecule has 9 nitrogen and oxygen atoms in total. The number of fused-ring (bicyclic) bond motifs is 1. The van der Waals surface area contributed by atoms with E-state index < -0.39 is 0 Å². The number of nitrogens with two attached hydrogens (primary N) is 1. The number of hydrogen-bond acceptors (Lipinski definition) is 7. The molecule has 1 aliphatic carbocycles. The first-order valence-corrected chi connectivity index (χ1v) is 12.3. The summed E-state index contributed by atoms with van der Waals surface area (Å²) in [4.78, 5) is 26.0. The van der Waals surface area contributed by atoms with Gasteiger partial charge in [0.25, 0.3) is 0 Å². The van der Waals surface area contributed by atoms with Crippen LogP contribution >= 0.6 is 11.6 Å². The van der Waals surface area contributed by atoms with Crippen LogP contribution < -0.4 is 16.4 Å². The number of imidazole rings is 1. The minimum atomic E-state index is -0.216. The predicted molar refractivity (Wildman–Crippen MR) is 132 cm³/mol. The molecule has 2 aromatic heterocycles. The summed E-state index contributed by atoms with van der Waals surface area (Å²) < 4.78 is 7.62. The van der Waals surface area contributed by atoms with Crippen LogP contribution in [0.2, 0.25) is 5.02 Å². The average Bonchev–Trinajstić information content (AvgIpc) is 3.20. The van der Waals surface area contributed by atoms with E-state index in [1.807, 2.05) is 25.1 Å². The second-order valence-corrected chi connectivity index (χ2v) is 9.59. The number of primary amides is 1. The molecule has 5 rings (SSSR count). The van der Waals surface area contributed by atoms with Crippen molar-refractivity contribution < 1.29 is 9.53 Å². The van der Waals surface area contributed by atoms with E-state index in [0.29, 0.717) is 23.0 Å². The summed E-state index contributed by atoms with van der Waals surface area (Å²) in [5.41, 5.74) is 8.91. The third-order valence-corrected chi connectivity index (χ3v) is 7.38. The van der Waals surface area contributed by atoms with Crippen molar-refractivity contribution in [1.29, 1.82) is 0 Å². The molecule has 0 spiro atoms. The number of nitrogens with zero attached hydrogens (tertiary/aromatic N) is 4. The molecular formula is C24H30ClN7O2. The van der Waals surface area contributed by atoms with E-state index >= 15 is 0 Å². The summed E-state index contributed by atoms with van der Waals surface area (Å²) in [7, 11) is 0. The van der Waals surface area contributed by atoms with Crippen molar-refractivity contribution >= 4 is 46.3 Å². The maximum atomic E-state index is 11.7. The number of hydrogen-bond donors (Lipinski definition) is 3. The molecule has 2 aliphatic rings. The molecule has 10 heteroatoms. The Morgan fingerprint density at radius 1 is 1.15 bits per heavy atom. The van der Waals surface area contributed by atoms with E-state index in [1.54, 1.807) is 6.20 Å². The highest BCUT2D eigenvalue weighted by atomic mass is 35.5. The van der Waals surface area contributed by atoms with Crippen LogP contribution in [0.15, 0.2) is 24.4 Å². The Bertz CT molecular complexity index is 1180. The van der Waals surface area contributed by atoms with Gasteiger partial charge in [-0.05, 0) is 63.1 Å². The van der Waals surface area contributed by atoms with Gasteiger partial charge in [-0.3, -0.25) is 9.36 Å². The molecule has 2 fully saturated rings. The fraction of sp³-hybridized carbons (Fsp3) is 0.500. The highest BCUT2D eigenvalue weighted by molar-refractivity contribution is 6.31. The molecule has 1 amide bonds. The molecule has 0 atom stereocenters. The predicted octanol–water partition coefficient (Wildman–Crippen LogP) is 4.34. The number of nitrogens with one attached hydrogen (secondary N) is 2. The zero-order valence-electron chi connectivity index (χ0n) is 19.3. The molecule has 1 saturated carbocycles. The smallest absolute Gasteiger partial charge is 0.224 e. The number of halogens is 1. The third-order valence-electron chi connectivity index (χ3n) is 6.97. The number of carbonyl (C=O) groups is 1. The summed E-state index contributed by atoms with van der Waals surface area (Å²) in [5.74, 6) is 1.00. The summed E-state index contributed by atoms with van der Waals surface area (Å²) in [6.07, 6.45) is 6.80. The average molecular weight is 484 g/mol. The van der Waals surface area contributed by atoms with E-state index in [0.717, 1.165) is 74.2 Å². The largest absolute Gasteiger partial charge is 0.381 e. The van der Waals surface area contributed by atoms with E-state index in [-0.39, 0.29) is 17.9 Å². The molecule has 0 radical (unpaired) electrons. The molecule has 1 saturated heterocycles. The van der Waals surface area contributed by atoms with Crippen molar-refractivity contribution in [2.24, 2.45) is 11.7 Å². The highest BCUT2D eigenvalue weighted by Crippen LogP contribution is 2.37. The van der Waals surface area contributed by atoms with Gasteiger partial charge in [0, 0.05) is 41.9 Å². The first-order valence-electron chi connectivity index (χ1n) is 11.9. The standard InChI is InChI=1S/C24H30ClN7O2/c1-14-18(25)3-2-4-19(14)29-24-30-20-13-27-23(28-16-9-11-34-12-10-16)31-22(20)32(24)17-7-5-15(6-8-17)21(26)33/h2-4,13,15-17H,5-12H2,1H3,(H2,26,33)(H,29,30)(H,27,28,31). The molecular weight excluding hydrogens is 454 g/mol. The fourth-order valence-corrected chi connectivity index (χ4v) is 5.08. The zero-order chi connectivity index (χ0) is 23.7. The van der Waals surface area contributed by atoms with E-state index in [1.165, 1.54) is 0 Å². The van der Waals surface area contributed by atoms with Gasteiger partial charge in [0.2, 0.25) is 17.8 Å². The number of aromatic nitrogens is 4. The molecule has 3 heterocycles. The van der Waals surface area contributed by atoms with Crippen molar-refractivity contribution in [1.82, 2.24) is 19.5 Å². The van der Waals surface area contributed by atoms with Crippen molar-refractivity contribution in [2.75, 3.05) is 23.8 Å². The van der Waals surface area contributed by atoms with Crippen LogP contribution in [-0.4, -0.2) is 44.7 Å². The summed E-state index contributed by atoms with van der Waals surface area (Å²) in [5, 5.41) is 7.62. The molecule has 1 aliphatic heterocycles. The number of rotatable bonds is 6. The zero-order valence-corrected chi connectivity index (χ0v) is 20.0. The SMILES string of the molecule is Cc1c(Cl)cccc1Nc1nc2cnc(NC3CCOCC3)nc2n1C1CCC(C(N)=O)CC1. The molecule has 0 unspecified atom stereocenters. The maximum Gasteiger partial charge on any atom is 0.224 e. The number of ether oxygens (including phenoxy) is 1. The van der Waals surface area contributed by atoms with Gasteiger partial charge in [-0.1, -0.05) is 17.7 Å². The van der Waals surface area contributed by atoms with Crippen LogP contribution in [0, 0.1) is 12.8 Å². The van der Waals surface area contributed by atoms with Gasteiger partial charge >= 0.3 is 0 Å². The second kappa shape index (κ2) is 9.76. The van der Waals surface area contributed by atoms with Gasteiger partial charge in [0.05, 0.1) is 6.20 Å². The van der Waals surface area contributed by atoms with Gasteiger partial charge < -0.3 is 21.1 Å². The second-order valence-electron chi connectivity index (χ2n) is 9.18. The first-order chi connectivity index (χ1) is 16.5. The lowest BCUT2D eigenvalue weighted by Crippen LogP contribution is -2.29. The highest BCUT2D eigenvalue weighted by Gasteiger charge is 2.29. The monoisotopic (exact) mass is 483 g/mol. The van der Waals surface area contributed by atoms with Gasteiger partial charge in [0.15, 0.2) is 5.65 Å². The van der Waals surface area contributed by atoms with Crippen molar-refractivity contribution in [3.8, 4) is 0 Å². The first kappa shape index (κ1) is 22.9. The lowest BCUT2D eigenvalue weighted by Gasteiger charge is -2.29. The maximum absolute atomic E-state index is 11.7. The van der Waals surface area contributed by atoms with Crippen molar-refractivity contribution in [3.05, 3.63) is 35.0 Å². The topological polar surface area (TPSA) is 120 Å². The summed E-state index contributed by atoms with van der Waals surface area (Å²) in [6, 6.07) is 6.21. The number of anilines is 3. The number of amides is 1. The summed E-state index contributed by atoms with van der Waals surface area (Å²) >= 11 is 6.36. The fourth-order valence-electron chi connectivity index (χ4n) is 4.90. The Balaban J connectivity index is 1.51. The van der Waals surface area contributed by atoms with Crippen LogP contribution in [0.5, 0.6) is 0 Å². The number of benzene rings is 1. The molecule has 1 aromatic carbocycles. The van der Waals surface area contributed by atoms with Gasteiger partial charge in [0.1, 0.15) is 5.52 Å². The van der Waals surface area contributed by atoms with Crippen LogP contribution in [0.3, 0.4) is 0 Å². The van der Waals surface area contributed by atoms with E-state index in [2.05, 4.69) is 20.2 Å². The van der Waals surface area contributed by atoms with Gasteiger partial charge in [-0.25, -0.2) is 9.97 Å². The molecule has 34 heavy (non-hydrogen) atoms. The molecule has 0 bridgehead atoms. The Labute approximate surface area is 203 Å². The molecule has 4 N–H and O–H groups in total. The Hall–Kier alpha value is -2.91.